The van der Waals surface area contributed by atoms with Crippen molar-refractivity contribution < 1.29 is 13.5 Å². The molecule has 3 heterocycles. The SMILES string of the molecule is CCCc1cc(NCc2ccc(OC(F)F)cn2)n2ncnc2n1. The van der Waals surface area contributed by atoms with Gasteiger partial charge in [-0.3, -0.25) is 4.98 Å². The average Bonchev–Trinajstić information content (AvgIpc) is 3.02. The van der Waals surface area contributed by atoms with Crippen LogP contribution in [-0.2, 0) is 13.0 Å². The zero-order valence-electron chi connectivity index (χ0n) is 13.0. The summed E-state index contributed by atoms with van der Waals surface area (Å²) < 4.78 is 30.1. The van der Waals surface area contributed by atoms with Crippen molar-refractivity contribution in [3.63, 3.8) is 0 Å². The fourth-order valence-electron chi connectivity index (χ4n) is 2.24. The molecule has 0 aromatic carbocycles. The van der Waals surface area contributed by atoms with Crippen LogP contribution in [-0.4, -0.2) is 31.2 Å². The first-order valence-electron chi connectivity index (χ1n) is 7.49. The van der Waals surface area contributed by atoms with Crippen LogP contribution in [0.15, 0.2) is 30.7 Å². The van der Waals surface area contributed by atoms with Gasteiger partial charge in [0.25, 0.3) is 5.78 Å². The number of pyridine rings is 1. The van der Waals surface area contributed by atoms with Gasteiger partial charge in [0.1, 0.15) is 17.9 Å². The molecule has 3 aromatic rings. The lowest BCUT2D eigenvalue weighted by Crippen LogP contribution is -2.09. The molecular formula is C15H16F2N6O. The van der Waals surface area contributed by atoms with Crippen LogP contribution in [0.2, 0.25) is 0 Å². The van der Waals surface area contributed by atoms with E-state index in [0.29, 0.717) is 18.0 Å². The van der Waals surface area contributed by atoms with Crippen LogP contribution in [0.5, 0.6) is 5.75 Å². The molecule has 3 rings (SSSR count). The number of aryl methyl sites for hydroxylation is 1. The van der Waals surface area contributed by atoms with E-state index in [-0.39, 0.29) is 5.75 Å². The first-order chi connectivity index (χ1) is 11.7. The van der Waals surface area contributed by atoms with E-state index in [2.05, 4.69) is 37.0 Å². The normalized spacial score (nSPS) is 11.2. The Hall–Kier alpha value is -2.84. The molecule has 9 heteroatoms. The van der Waals surface area contributed by atoms with Gasteiger partial charge in [-0.15, -0.1) is 0 Å². The van der Waals surface area contributed by atoms with Gasteiger partial charge < -0.3 is 10.1 Å². The van der Waals surface area contributed by atoms with Gasteiger partial charge >= 0.3 is 6.61 Å². The standard InChI is InChI=1S/C15H16F2N6O/c1-2-3-10-6-13(23-15(22-10)20-9-21-23)19-7-11-4-5-12(8-18-11)24-14(16)17/h4-6,8-9,14,19H,2-3,7H2,1H3. The second-order valence-corrected chi connectivity index (χ2v) is 5.07. The Kier molecular flexibility index (Phi) is 4.78. The highest BCUT2D eigenvalue weighted by molar-refractivity contribution is 5.45. The van der Waals surface area contributed by atoms with E-state index in [1.54, 1.807) is 10.6 Å². The number of rotatable bonds is 7. The maximum Gasteiger partial charge on any atom is 0.387 e. The van der Waals surface area contributed by atoms with Crippen molar-refractivity contribution in [1.29, 1.82) is 0 Å². The predicted molar refractivity (Wildman–Crippen MR) is 83.0 cm³/mol. The van der Waals surface area contributed by atoms with Gasteiger partial charge in [-0.05, 0) is 18.6 Å². The molecule has 0 saturated carbocycles. The van der Waals surface area contributed by atoms with Crippen molar-refractivity contribution in [2.75, 3.05) is 5.32 Å². The summed E-state index contributed by atoms with van der Waals surface area (Å²) in [6, 6.07) is 4.99. The molecule has 0 amide bonds. The molecule has 7 nitrogen and oxygen atoms in total. The van der Waals surface area contributed by atoms with Crippen molar-refractivity contribution in [2.45, 2.75) is 32.9 Å². The van der Waals surface area contributed by atoms with E-state index in [0.717, 1.165) is 24.4 Å². The molecule has 0 saturated heterocycles. The topological polar surface area (TPSA) is 77.2 Å². The Morgan fingerprint density at radius 1 is 1.25 bits per heavy atom. The Morgan fingerprint density at radius 3 is 2.83 bits per heavy atom. The van der Waals surface area contributed by atoms with Gasteiger partial charge in [0.15, 0.2) is 0 Å². The number of alkyl halides is 2. The van der Waals surface area contributed by atoms with Gasteiger partial charge in [-0.1, -0.05) is 13.3 Å². The third kappa shape index (κ3) is 3.73. The van der Waals surface area contributed by atoms with Crippen LogP contribution >= 0.6 is 0 Å². The van der Waals surface area contributed by atoms with Crippen LogP contribution in [0.25, 0.3) is 5.78 Å². The number of nitrogens with one attached hydrogen (secondary N) is 1. The highest BCUT2D eigenvalue weighted by Crippen LogP contribution is 2.15. The smallest absolute Gasteiger partial charge is 0.387 e. The highest BCUT2D eigenvalue weighted by atomic mass is 19.3. The summed E-state index contributed by atoms with van der Waals surface area (Å²) >= 11 is 0. The maximum atomic E-state index is 12.1. The first kappa shape index (κ1) is 16.0. The summed E-state index contributed by atoms with van der Waals surface area (Å²) in [6.45, 7) is -0.375. The minimum atomic E-state index is -2.86. The Morgan fingerprint density at radius 2 is 2.12 bits per heavy atom. The van der Waals surface area contributed by atoms with Gasteiger partial charge in [0, 0.05) is 11.8 Å². The summed E-state index contributed by atoms with van der Waals surface area (Å²) in [7, 11) is 0. The van der Waals surface area contributed by atoms with Gasteiger partial charge in [-0.2, -0.15) is 23.4 Å². The number of hydrogen-bond donors (Lipinski definition) is 1. The first-order valence-corrected chi connectivity index (χ1v) is 7.49. The molecule has 0 atom stereocenters. The number of ether oxygens (including phenoxy) is 1. The molecule has 0 aliphatic heterocycles. The minimum Gasteiger partial charge on any atom is -0.433 e. The number of anilines is 1. The second kappa shape index (κ2) is 7.16. The number of aromatic nitrogens is 5. The van der Waals surface area contributed by atoms with Crippen LogP contribution < -0.4 is 10.1 Å². The zero-order valence-corrected chi connectivity index (χ0v) is 13.0. The Balaban J connectivity index is 1.74. The molecule has 0 unspecified atom stereocenters. The summed E-state index contributed by atoms with van der Waals surface area (Å²) in [5, 5.41) is 7.35. The van der Waals surface area contributed by atoms with Gasteiger partial charge in [-0.25, -0.2) is 4.98 Å². The number of nitrogens with zero attached hydrogens (tertiary/aromatic N) is 5. The second-order valence-electron chi connectivity index (χ2n) is 5.07. The third-order valence-corrected chi connectivity index (χ3v) is 3.28. The number of halogens is 2. The van der Waals surface area contributed by atoms with Gasteiger partial charge in [0.2, 0.25) is 0 Å². The van der Waals surface area contributed by atoms with Crippen molar-refractivity contribution in [3.05, 3.63) is 42.1 Å². The van der Waals surface area contributed by atoms with Crippen molar-refractivity contribution in [1.82, 2.24) is 24.6 Å². The monoisotopic (exact) mass is 334 g/mol. The van der Waals surface area contributed by atoms with Crippen molar-refractivity contribution in [3.8, 4) is 5.75 Å². The van der Waals surface area contributed by atoms with E-state index in [1.165, 1.54) is 18.6 Å². The Bertz CT molecular complexity index is 805. The molecule has 24 heavy (non-hydrogen) atoms. The molecule has 0 aliphatic carbocycles. The van der Waals surface area contributed by atoms with Gasteiger partial charge in [0.05, 0.1) is 18.4 Å². The molecule has 126 valence electrons. The summed E-state index contributed by atoms with van der Waals surface area (Å²) in [6.07, 6.45) is 4.53. The van der Waals surface area contributed by atoms with Crippen molar-refractivity contribution >= 4 is 11.6 Å². The molecule has 0 fully saturated rings. The average molecular weight is 334 g/mol. The van der Waals surface area contributed by atoms with E-state index >= 15 is 0 Å². The Labute approximate surface area is 136 Å². The minimum absolute atomic E-state index is 0.0292. The molecule has 0 radical (unpaired) electrons. The molecule has 0 spiro atoms. The van der Waals surface area contributed by atoms with E-state index in [9.17, 15) is 8.78 Å². The number of fused-ring (bicyclic) bond motifs is 1. The van der Waals surface area contributed by atoms with Crippen LogP contribution in [0.3, 0.4) is 0 Å². The zero-order chi connectivity index (χ0) is 16.9. The lowest BCUT2D eigenvalue weighted by atomic mass is 10.2. The quantitative estimate of drug-likeness (QED) is 0.716. The van der Waals surface area contributed by atoms with Crippen LogP contribution in [0.4, 0.5) is 14.6 Å². The number of hydrogen-bond acceptors (Lipinski definition) is 6. The lowest BCUT2D eigenvalue weighted by molar-refractivity contribution is -0.0500. The molecule has 1 N–H and O–H groups in total. The highest BCUT2D eigenvalue weighted by Gasteiger charge is 2.08. The molecule has 0 aliphatic rings. The predicted octanol–water partition coefficient (Wildman–Crippen LogP) is 2.69. The van der Waals surface area contributed by atoms with E-state index in [4.69, 9.17) is 0 Å². The fourth-order valence-corrected chi connectivity index (χ4v) is 2.24. The lowest BCUT2D eigenvalue weighted by Gasteiger charge is -2.10. The fraction of sp³-hybridized carbons (Fsp3) is 0.333. The van der Waals surface area contributed by atoms with E-state index in [1.807, 2.05) is 6.07 Å². The summed E-state index contributed by atoms with van der Waals surface area (Å²) in [4.78, 5) is 12.6. The summed E-state index contributed by atoms with van der Waals surface area (Å²) in [5.41, 5.74) is 1.60. The van der Waals surface area contributed by atoms with Crippen LogP contribution in [0.1, 0.15) is 24.7 Å². The van der Waals surface area contributed by atoms with Crippen molar-refractivity contribution in [2.24, 2.45) is 0 Å². The molecular weight excluding hydrogens is 318 g/mol. The van der Waals surface area contributed by atoms with E-state index < -0.39 is 6.61 Å². The molecule has 0 bridgehead atoms. The molecule has 3 aromatic heterocycles. The summed E-state index contributed by atoms with van der Waals surface area (Å²) in [5.74, 6) is 1.30. The maximum absolute atomic E-state index is 12.1. The largest absolute Gasteiger partial charge is 0.433 e. The van der Waals surface area contributed by atoms with Crippen LogP contribution in [0, 0.1) is 0 Å². The third-order valence-electron chi connectivity index (χ3n) is 3.28.